The molecule has 0 aliphatic heterocycles. The van der Waals surface area contributed by atoms with Crippen molar-refractivity contribution in [2.24, 2.45) is 0 Å². The first kappa shape index (κ1) is 23.2. The summed E-state index contributed by atoms with van der Waals surface area (Å²) in [5.74, 6) is 0. The van der Waals surface area contributed by atoms with Gasteiger partial charge in [-0.25, -0.2) is 0 Å². The van der Waals surface area contributed by atoms with Crippen molar-refractivity contribution in [3.05, 3.63) is 122 Å². The predicted octanol–water partition coefficient (Wildman–Crippen LogP) is 2.84. The quantitative estimate of drug-likeness (QED) is 0.322. The highest BCUT2D eigenvalue weighted by molar-refractivity contribution is 7.20. The summed E-state index contributed by atoms with van der Waals surface area (Å²) >= 11 is 0. The van der Waals surface area contributed by atoms with Crippen LogP contribution in [0.4, 0.5) is 0 Å². The van der Waals surface area contributed by atoms with Crippen LogP contribution < -0.4 is 21.9 Å². The third-order valence-corrected chi connectivity index (χ3v) is 7.97. The zero-order chi connectivity index (χ0) is 27.2. The number of hydrogen-bond donors (Lipinski definition) is 0. The van der Waals surface area contributed by atoms with E-state index in [1.54, 1.807) is 49.6 Å². The number of hydrogen-bond acceptors (Lipinski definition) is 8. The molecule has 0 amide bonds. The highest BCUT2D eigenvalue weighted by atomic mass is 14.8. The Bertz CT molecular complexity index is 1930. The van der Waals surface area contributed by atoms with Crippen molar-refractivity contribution < 1.29 is 0 Å². The monoisotopic (exact) mass is 527 g/mol. The maximum atomic E-state index is 4.67. The average Bonchev–Trinajstić information content (AvgIpc) is 3.05. The van der Waals surface area contributed by atoms with E-state index < -0.39 is 6.15 Å². The Hall–Kier alpha value is -5.70. The molecule has 0 radical (unpaired) electrons. The molecule has 0 fully saturated rings. The zero-order valence-corrected chi connectivity index (χ0v) is 21.7. The van der Waals surface area contributed by atoms with Gasteiger partial charge in [0.2, 0.25) is 0 Å². The van der Waals surface area contributed by atoms with E-state index in [0.29, 0.717) is 0 Å². The summed E-state index contributed by atoms with van der Waals surface area (Å²) in [5, 5.41) is 0. The molecular weight excluding hydrogens is 507 g/mol. The fraction of sp³-hybridized carbons (Fsp3) is 0. The van der Waals surface area contributed by atoms with E-state index in [1.165, 1.54) is 0 Å². The molecule has 0 unspecified atom stereocenters. The van der Waals surface area contributed by atoms with Crippen LogP contribution in [0.1, 0.15) is 0 Å². The van der Waals surface area contributed by atoms with Crippen molar-refractivity contribution in [3.8, 4) is 0 Å². The number of nitrogens with zero attached hydrogens (tertiary/aromatic N) is 8. The van der Waals surface area contributed by atoms with Crippen molar-refractivity contribution in [1.82, 2.24) is 39.9 Å². The first-order valence-electron chi connectivity index (χ1n) is 13.3. The third-order valence-electron chi connectivity index (χ3n) is 7.97. The Labute approximate surface area is 234 Å². The van der Waals surface area contributed by atoms with Crippen LogP contribution in [0, 0.1) is 0 Å². The molecule has 0 aliphatic carbocycles. The fourth-order valence-electron chi connectivity index (χ4n) is 6.15. The summed E-state index contributed by atoms with van der Waals surface area (Å²) in [7, 11) is 0. The van der Waals surface area contributed by atoms with Gasteiger partial charge in [-0.1, -0.05) is 48.5 Å². The summed E-state index contributed by atoms with van der Waals surface area (Å²) in [5.41, 5.74) is 10.9. The number of benzene rings is 4. The van der Waals surface area contributed by atoms with Crippen molar-refractivity contribution in [1.29, 1.82) is 0 Å². The molecule has 0 saturated carbocycles. The summed E-state index contributed by atoms with van der Waals surface area (Å²) in [4.78, 5) is 36.8. The van der Waals surface area contributed by atoms with Gasteiger partial charge in [0.15, 0.2) is 0 Å². The number of fused-ring (bicyclic) bond motifs is 4. The van der Waals surface area contributed by atoms with Gasteiger partial charge in [-0.2, -0.15) is 21.9 Å². The minimum absolute atomic E-state index is 0.818. The van der Waals surface area contributed by atoms with Crippen molar-refractivity contribution >= 4 is 72.1 Å². The molecule has 0 N–H and O–H groups in total. The van der Waals surface area contributed by atoms with Gasteiger partial charge in [-0.05, 0) is 24.3 Å². The Morgan fingerprint density at radius 1 is 0.268 bits per heavy atom. The standard InChI is InChI=1S/C32H20BN8/c1-5-25-29(38-13-9-34-25)17-21(1)33(22-2-6-26-30(18-22)39-14-10-35-26,23-3-7-27-31(19-23)40-15-11-36-27)24-4-8-28-32(20-24)41-16-12-37-28/h1-20H/q-1. The lowest BCUT2D eigenvalue weighted by Gasteiger charge is -2.44. The van der Waals surface area contributed by atoms with E-state index >= 15 is 0 Å². The normalized spacial score (nSPS) is 11.9. The van der Waals surface area contributed by atoms with E-state index in [2.05, 4.69) is 88.4 Å². The maximum absolute atomic E-state index is 4.67. The Morgan fingerprint density at radius 2 is 0.488 bits per heavy atom. The van der Waals surface area contributed by atoms with Crippen LogP contribution in [0.3, 0.4) is 0 Å². The van der Waals surface area contributed by atoms with Crippen LogP contribution in [-0.4, -0.2) is 46.0 Å². The van der Waals surface area contributed by atoms with E-state index in [-0.39, 0.29) is 0 Å². The second-order valence-electron chi connectivity index (χ2n) is 10.1. The van der Waals surface area contributed by atoms with E-state index in [4.69, 9.17) is 0 Å². The summed E-state index contributed by atoms with van der Waals surface area (Å²) < 4.78 is 0. The maximum Gasteiger partial charge on any atom is 0.108 e. The lowest BCUT2D eigenvalue weighted by atomic mass is 9.13. The molecule has 4 aromatic heterocycles. The minimum atomic E-state index is -1.81. The molecule has 0 bridgehead atoms. The Morgan fingerprint density at radius 3 is 0.732 bits per heavy atom. The molecule has 41 heavy (non-hydrogen) atoms. The molecule has 192 valence electrons. The Balaban J connectivity index is 1.55. The molecule has 8 aromatic rings. The third kappa shape index (κ3) is 3.70. The van der Waals surface area contributed by atoms with Gasteiger partial charge in [-0.15, -0.1) is 0 Å². The summed E-state index contributed by atoms with van der Waals surface area (Å²) in [6, 6.07) is 25.3. The average molecular weight is 527 g/mol. The van der Waals surface area contributed by atoms with Gasteiger partial charge < -0.3 is 0 Å². The summed E-state index contributed by atoms with van der Waals surface area (Å²) in [6.45, 7) is 0. The SMILES string of the molecule is c1cnc2cc([B-](c3ccc4nccnc4c3)(c3ccc4nccnc4c3)c3ccc4nccnc4c3)ccc2n1. The number of rotatable bonds is 4. The molecule has 0 aliphatic rings. The minimum Gasteiger partial charge on any atom is -0.253 e. The van der Waals surface area contributed by atoms with Crippen LogP contribution in [0.2, 0.25) is 0 Å². The van der Waals surface area contributed by atoms with Crippen molar-refractivity contribution in [3.63, 3.8) is 0 Å². The van der Waals surface area contributed by atoms with Crippen LogP contribution in [-0.2, 0) is 0 Å². The van der Waals surface area contributed by atoms with Gasteiger partial charge >= 0.3 is 0 Å². The highest BCUT2D eigenvalue weighted by Gasteiger charge is 2.33. The largest absolute Gasteiger partial charge is 0.253 e. The van der Waals surface area contributed by atoms with Crippen molar-refractivity contribution in [2.75, 3.05) is 0 Å². The molecule has 9 heteroatoms. The first-order valence-corrected chi connectivity index (χ1v) is 13.3. The van der Waals surface area contributed by atoms with E-state index in [0.717, 1.165) is 66.0 Å². The van der Waals surface area contributed by atoms with Gasteiger partial charge in [0.05, 0.1) is 44.1 Å². The molecule has 4 aromatic carbocycles. The van der Waals surface area contributed by atoms with Gasteiger partial charge in [0, 0.05) is 49.6 Å². The lowest BCUT2D eigenvalue weighted by Crippen LogP contribution is -2.74. The molecule has 0 atom stereocenters. The topological polar surface area (TPSA) is 103 Å². The van der Waals surface area contributed by atoms with Crippen LogP contribution >= 0.6 is 0 Å². The predicted molar refractivity (Wildman–Crippen MR) is 162 cm³/mol. The molecule has 0 saturated heterocycles. The second kappa shape index (κ2) is 9.20. The molecular formula is C32H20BN8-. The smallest absolute Gasteiger partial charge is 0.108 e. The van der Waals surface area contributed by atoms with Gasteiger partial charge in [-0.3, -0.25) is 39.9 Å². The van der Waals surface area contributed by atoms with Gasteiger partial charge in [0.1, 0.15) is 6.15 Å². The fourth-order valence-corrected chi connectivity index (χ4v) is 6.15. The van der Waals surface area contributed by atoms with Crippen LogP contribution in [0.5, 0.6) is 0 Å². The van der Waals surface area contributed by atoms with Crippen molar-refractivity contribution in [2.45, 2.75) is 0 Å². The number of aromatic nitrogens is 8. The zero-order valence-electron chi connectivity index (χ0n) is 21.7. The second-order valence-corrected chi connectivity index (χ2v) is 10.1. The first-order chi connectivity index (χ1) is 20.3. The molecule has 8 rings (SSSR count). The Kier molecular flexibility index (Phi) is 5.21. The molecule has 0 spiro atoms. The van der Waals surface area contributed by atoms with Crippen LogP contribution in [0.25, 0.3) is 44.1 Å². The molecule has 8 nitrogen and oxygen atoms in total. The molecule has 4 heterocycles. The lowest BCUT2D eigenvalue weighted by molar-refractivity contribution is 1.29. The van der Waals surface area contributed by atoms with E-state index in [9.17, 15) is 0 Å². The highest BCUT2D eigenvalue weighted by Crippen LogP contribution is 2.18. The van der Waals surface area contributed by atoms with Gasteiger partial charge in [0.25, 0.3) is 0 Å². The summed E-state index contributed by atoms with van der Waals surface area (Å²) in [6.07, 6.45) is 11.9. The van der Waals surface area contributed by atoms with Crippen LogP contribution in [0.15, 0.2) is 122 Å². The van der Waals surface area contributed by atoms with E-state index in [1.807, 2.05) is 24.3 Å².